The second-order valence-electron chi connectivity index (χ2n) is 6.59. The van der Waals surface area contributed by atoms with Crippen LogP contribution in [-0.4, -0.2) is 48.4 Å². The number of anilines is 1. The molecule has 0 saturated carbocycles. The number of rotatable bonds is 10. The summed E-state index contributed by atoms with van der Waals surface area (Å²) in [6, 6.07) is 18.2. The molecule has 0 atom stereocenters. The number of nitrogens with one attached hydrogen (secondary N) is 1. The summed E-state index contributed by atoms with van der Waals surface area (Å²) < 4.78 is 0. The van der Waals surface area contributed by atoms with Crippen molar-refractivity contribution < 1.29 is 4.79 Å². The van der Waals surface area contributed by atoms with E-state index in [1.807, 2.05) is 49.4 Å². The third kappa shape index (κ3) is 6.62. The maximum Gasteiger partial charge on any atom is 0.238 e. The minimum absolute atomic E-state index is 0.0368. The Labute approximate surface area is 157 Å². The number of carbonyl (C=O) groups excluding carboxylic acids is 1. The van der Waals surface area contributed by atoms with E-state index in [2.05, 4.69) is 41.1 Å². The lowest BCUT2D eigenvalue weighted by molar-refractivity contribution is -0.117. The smallest absolute Gasteiger partial charge is 0.238 e. The van der Waals surface area contributed by atoms with E-state index in [1.54, 1.807) is 0 Å². The van der Waals surface area contributed by atoms with Gasteiger partial charge < -0.3 is 10.2 Å². The van der Waals surface area contributed by atoms with E-state index in [0.29, 0.717) is 6.54 Å². The molecule has 140 valence electrons. The number of carbonyl (C=O) groups is 1. The monoisotopic (exact) mass is 353 g/mol. The summed E-state index contributed by atoms with van der Waals surface area (Å²) >= 11 is 0. The molecule has 0 bridgehead atoms. The van der Waals surface area contributed by atoms with Crippen molar-refractivity contribution in [2.24, 2.45) is 0 Å². The fourth-order valence-corrected chi connectivity index (χ4v) is 2.98. The second kappa shape index (κ2) is 10.7. The quantitative estimate of drug-likeness (QED) is 0.706. The van der Waals surface area contributed by atoms with Crippen LogP contribution < -0.4 is 5.32 Å². The predicted molar refractivity (Wildman–Crippen MR) is 109 cm³/mol. The fourth-order valence-electron chi connectivity index (χ4n) is 2.98. The third-order valence-corrected chi connectivity index (χ3v) is 4.66. The van der Waals surface area contributed by atoms with E-state index < -0.39 is 0 Å². The molecule has 1 amide bonds. The van der Waals surface area contributed by atoms with Crippen LogP contribution in [0.1, 0.15) is 25.0 Å². The van der Waals surface area contributed by atoms with Crippen LogP contribution in [0.3, 0.4) is 0 Å². The van der Waals surface area contributed by atoms with Gasteiger partial charge >= 0.3 is 0 Å². The lowest BCUT2D eigenvalue weighted by atomic mass is 10.2. The summed E-state index contributed by atoms with van der Waals surface area (Å²) in [5.41, 5.74) is 3.20. The molecule has 2 aromatic carbocycles. The van der Waals surface area contributed by atoms with Gasteiger partial charge in [-0.15, -0.1) is 0 Å². The first-order chi connectivity index (χ1) is 12.6. The molecule has 0 fully saturated rings. The summed E-state index contributed by atoms with van der Waals surface area (Å²) in [4.78, 5) is 17.2. The van der Waals surface area contributed by atoms with Crippen LogP contribution in [0.25, 0.3) is 0 Å². The van der Waals surface area contributed by atoms with Crippen molar-refractivity contribution in [2.45, 2.75) is 27.3 Å². The van der Waals surface area contributed by atoms with Gasteiger partial charge in [0.25, 0.3) is 0 Å². The second-order valence-corrected chi connectivity index (χ2v) is 6.59. The number of para-hydroxylation sites is 1. The number of hydrogen-bond donors (Lipinski definition) is 1. The van der Waals surface area contributed by atoms with Gasteiger partial charge in [-0.2, -0.15) is 0 Å². The molecule has 0 aromatic heterocycles. The molecule has 2 rings (SSSR count). The largest absolute Gasteiger partial charge is 0.325 e. The van der Waals surface area contributed by atoms with Crippen LogP contribution in [0.2, 0.25) is 0 Å². The number of aryl methyl sites for hydroxylation is 1. The van der Waals surface area contributed by atoms with E-state index in [9.17, 15) is 4.79 Å². The number of benzene rings is 2. The van der Waals surface area contributed by atoms with Gasteiger partial charge in [-0.05, 0) is 37.2 Å². The normalized spacial score (nSPS) is 11.1. The van der Waals surface area contributed by atoms with Crippen molar-refractivity contribution in [2.75, 3.05) is 38.0 Å². The molecule has 0 aliphatic heterocycles. The summed E-state index contributed by atoms with van der Waals surface area (Å²) in [7, 11) is 0. The molecule has 0 heterocycles. The molecular weight excluding hydrogens is 322 g/mol. The molecule has 0 aliphatic carbocycles. The maximum atomic E-state index is 12.6. The molecule has 0 radical (unpaired) electrons. The average Bonchev–Trinajstić information content (AvgIpc) is 2.65. The van der Waals surface area contributed by atoms with Crippen LogP contribution in [0.4, 0.5) is 5.69 Å². The van der Waals surface area contributed by atoms with Crippen molar-refractivity contribution in [3.05, 3.63) is 65.7 Å². The van der Waals surface area contributed by atoms with Crippen LogP contribution >= 0.6 is 0 Å². The zero-order chi connectivity index (χ0) is 18.8. The number of likely N-dealkylation sites (N-methyl/N-ethyl adjacent to an activating group) is 1. The average molecular weight is 354 g/mol. The van der Waals surface area contributed by atoms with Crippen LogP contribution in [0.5, 0.6) is 0 Å². The Bertz CT molecular complexity index is 668. The molecule has 0 unspecified atom stereocenters. The van der Waals surface area contributed by atoms with Gasteiger partial charge in [-0.25, -0.2) is 0 Å². The summed E-state index contributed by atoms with van der Waals surface area (Å²) in [6.45, 7) is 11.4. The van der Waals surface area contributed by atoms with E-state index in [1.165, 1.54) is 5.56 Å². The van der Waals surface area contributed by atoms with Gasteiger partial charge in [-0.1, -0.05) is 62.4 Å². The van der Waals surface area contributed by atoms with Gasteiger partial charge in [0.05, 0.1) is 6.54 Å². The molecule has 4 heteroatoms. The highest BCUT2D eigenvalue weighted by Crippen LogP contribution is 2.13. The molecule has 2 aromatic rings. The Kier molecular flexibility index (Phi) is 8.32. The SMILES string of the molecule is CCN(CC)CCN(CC(=O)Nc1ccccc1C)Cc1ccccc1. The lowest BCUT2D eigenvalue weighted by Crippen LogP contribution is -2.39. The Hall–Kier alpha value is -2.17. The number of nitrogens with zero attached hydrogens (tertiary/aromatic N) is 2. The number of amides is 1. The van der Waals surface area contributed by atoms with Gasteiger partial charge in [0, 0.05) is 25.3 Å². The Morgan fingerprint density at radius 1 is 0.885 bits per heavy atom. The highest BCUT2D eigenvalue weighted by molar-refractivity contribution is 5.92. The highest BCUT2D eigenvalue weighted by Gasteiger charge is 2.13. The summed E-state index contributed by atoms with van der Waals surface area (Å²) in [6.07, 6.45) is 0. The van der Waals surface area contributed by atoms with Crippen LogP contribution in [0, 0.1) is 6.92 Å². The van der Waals surface area contributed by atoms with Crippen molar-refractivity contribution in [3.63, 3.8) is 0 Å². The standard InChI is InChI=1S/C22H31N3O/c1-4-24(5-2)15-16-25(17-20-12-7-6-8-13-20)18-22(26)23-21-14-10-9-11-19(21)3/h6-14H,4-5,15-18H2,1-3H3,(H,23,26). The Morgan fingerprint density at radius 2 is 1.50 bits per heavy atom. The minimum atomic E-state index is 0.0368. The van der Waals surface area contributed by atoms with Crippen LogP contribution in [0.15, 0.2) is 54.6 Å². The first-order valence-corrected chi connectivity index (χ1v) is 9.46. The minimum Gasteiger partial charge on any atom is -0.325 e. The first kappa shape index (κ1) is 20.1. The lowest BCUT2D eigenvalue weighted by Gasteiger charge is -2.26. The van der Waals surface area contributed by atoms with Crippen LogP contribution in [-0.2, 0) is 11.3 Å². The van der Waals surface area contributed by atoms with E-state index in [4.69, 9.17) is 0 Å². The Balaban J connectivity index is 1.99. The predicted octanol–water partition coefficient (Wildman–Crippen LogP) is 3.78. The molecule has 1 N–H and O–H groups in total. The van der Waals surface area contributed by atoms with E-state index >= 15 is 0 Å². The maximum absolute atomic E-state index is 12.6. The highest BCUT2D eigenvalue weighted by atomic mass is 16.2. The van der Waals surface area contributed by atoms with Gasteiger partial charge in [0.15, 0.2) is 0 Å². The summed E-state index contributed by atoms with van der Waals surface area (Å²) in [5.74, 6) is 0.0368. The zero-order valence-corrected chi connectivity index (χ0v) is 16.2. The number of hydrogen-bond acceptors (Lipinski definition) is 3. The third-order valence-electron chi connectivity index (χ3n) is 4.66. The van der Waals surface area contributed by atoms with E-state index in [0.717, 1.165) is 44.0 Å². The van der Waals surface area contributed by atoms with Crippen molar-refractivity contribution >= 4 is 11.6 Å². The van der Waals surface area contributed by atoms with Crippen molar-refractivity contribution in [1.29, 1.82) is 0 Å². The van der Waals surface area contributed by atoms with Gasteiger partial charge in [0.2, 0.25) is 5.91 Å². The fraction of sp³-hybridized carbons (Fsp3) is 0.409. The van der Waals surface area contributed by atoms with Crippen molar-refractivity contribution in [1.82, 2.24) is 9.80 Å². The zero-order valence-electron chi connectivity index (χ0n) is 16.2. The molecule has 0 aliphatic rings. The van der Waals surface area contributed by atoms with E-state index in [-0.39, 0.29) is 5.91 Å². The Morgan fingerprint density at radius 3 is 2.15 bits per heavy atom. The molecule has 26 heavy (non-hydrogen) atoms. The molecular formula is C22H31N3O. The first-order valence-electron chi connectivity index (χ1n) is 9.46. The topological polar surface area (TPSA) is 35.6 Å². The molecule has 4 nitrogen and oxygen atoms in total. The molecule has 0 spiro atoms. The molecule has 0 saturated heterocycles. The summed E-state index contributed by atoms with van der Waals surface area (Å²) in [5, 5.41) is 3.05. The van der Waals surface area contributed by atoms with Gasteiger partial charge in [-0.3, -0.25) is 9.69 Å². The van der Waals surface area contributed by atoms with Gasteiger partial charge in [0.1, 0.15) is 0 Å². The van der Waals surface area contributed by atoms with Crippen molar-refractivity contribution in [3.8, 4) is 0 Å².